The summed E-state index contributed by atoms with van der Waals surface area (Å²) in [7, 11) is 0. The van der Waals surface area contributed by atoms with Crippen molar-refractivity contribution in [1.82, 2.24) is 0 Å². The van der Waals surface area contributed by atoms with Crippen LogP contribution in [0.15, 0.2) is 0 Å². The van der Waals surface area contributed by atoms with Gasteiger partial charge < -0.3 is 0 Å². The summed E-state index contributed by atoms with van der Waals surface area (Å²) in [5.74, 6) is 2.24. The Hall–Kier alpha value is 2.40. The van der Waals surface area contributed by atoms with Crippen molar-refractivity contribution in [1.29, 1.82) is 0 Å². The second-order valence-electron chi connectivity index (χ2n) is 5.23. The van der Waals surface area contributed by atoms with Crippen LogP contribution >= 0.6 is 79.6 Å². The normalized spacial score (nSPS) is 54.6. The summed E-state index contributed by atoms with van der Waals surface area (Å²) >= 11 is 19.6. The zero-order valence-electron chi connectivity index (χ0n) is 7.95. The van der Waals surface area contributed by atoms with Crippen molar-refractivity contribution in [2.45, 2.75) is 36.5 Å². The Morgan fingerprint density at radius 1 is 0.733 bits per heavy atom. The summed E-state index contributed by atoms with van der Waals surface area (Å²) in [4.78, 5) is 0. The van der Waals surface area contributed by atoms with Crippen molar-refractivity contribution in [3.63, 3.8) is 0 Å². The number of rotatable bonds is 0. The summed E-state index contributed by atoms with van der Waals surface area (Å²) in [6.07, 6.45) is 5.06. The molecule has 4 aliphatic rings. The van der Waals surface area contributed by atoms with Gasteiger partial charge in [-0.1, -0.05) is 79.6 Å². The van der Waals surface area contributed by atoms with Crippen molar-refractivity contribution in [3.05, 3.63) is 0 Å². The van der Waals surface area contributed by atoms with Gasteiger partial charge in [0.05, 0.1) is 10.8 Å². The van der Waals surface area contributed by atoms with Crippen LogP contribution in [0.5, 0.6) is 0 Å². The summed E-state index contributed by atoms with van der Waals surface area (Å²) < 4.78 is 0.544. The van der Waals surface area contributed by atoms with Gasteiger partial charge in [0.25, 0.3) is 0 Å². The van der Waals surface area contributed by atoms with Crippen molar-refractivity contribution in [2.75, 3.05) is 0 Å². The zero-order chi connectivity index (χ0) is 11.1. The highest BCUT2D eigenvalue weighted by atomic mass is 79.9. The van der Waals surface area contributed by atoms with E-state index in [9.17, 15) is 0 Å². The molecule has 4 bridgehead atoms. The number of alkyl halides is 5. The summed E-state index contributed by atoms with van der Waals surface area (Å²) in [6.45, 7) is 0. The Labute approximate surface area is 132 Å². The molecule has 2 unspecified atom stereocenters. The predicted molar refractivity (Wildman–Crippen MR) is 81.8 cm³/mol. The number of hydrogen-bond acceptors (Lipinski definition) is 0. The third-order valence-corrected chi connectivity index (χ3v) is 12.2. The van der Waals surface area contributed by atoms with E-state index in [0.717, 1.165) is 17.8 Å². The summed E-state index contributed by atoms with van der Waals surface area (Å²) in [5.41, 5.74) is 0. The van der Waals surface area contributed by atoms with Gasteiger partial charge in [0.15, 0.2) is 0 Å². The molecule has 0 spiro atoms. The van der Waals surface area contributed by atoms with Gasteiger partial charge >= 0.3 is 0 Å². The van der Waals surface area contributed by atoms with E-state index in [1.807, 2.05) is 0 Å². The largest absolute Gasteiger partial charge is 0.0985 e. The Morgan fingerprint density at radius 3 is 1.60 bits per heavy atom. The lowest BCUT2D eigenvalue weighted by Crippen LogP contribution is -2.65. The average molecular weight is 531 g/mol. The molecule has 4 saturated carbocycles. The first-order chi connectivity index (χ1) is 6.77. The molecule has 4 atom stereocenters. The van der Waals surface area contributed by atoms with E-state index in [1.54, 1.807) is 0 Å². The molecule has 0 aliphatic heterocycles. The molecule has 0 N–H and O–H groups in total. The highest BCUT2D eigenvalue weighted by Gasteiger charge is 2.68. The average Bonchev–Trinajstić information content (AvgIpc) is 2.04. The van der Waals surface area contributed by atoms with Crippen LogP contribution in [0.1, 0.15) is 25.7 Å². The van der Waals surface area contributed by atoms with Crippen molar-refractivity contribution < 1.29 is 0 Å². The third-order valence-electron chi connectivity index (χ3n) is 4.48. The molecule has 4 rings (SSSR count). The van der Waals surface area contributed by atoms with Crippen LogP contribution in [0.3, 0.4) is 0 Å². The number of hydrogen-bond donors (Lipinski definition) is 0. The van der Waals surface area contributed by atoms with Crippen LogP contribution < -0.4 is 0 Å². The fraction of sp³-hybridized carbons (Fsp3) is 1.00. The van der Waals surface area contributed by atoms with Crippen LogP contribution in [-0.4, -0.2) is 10.8 Å². The monoisotopic (exact) mass is 526 g/mol. The van der Waals surface area contributed by atoms with E-state index in [1.165, 1.54) is 25.7 Å². The Balaban J connectivity index is 2.04. The van der Waals surface area contributed by atoms with Gasteiger partial charge in [-0.15, -0.1) is 0 Å². The molecule has 0 aromatic carbocycles. The molecule has 0 saturated heterocycles. The fourth-order valence-corrected chi connectivity index (χ4v) is 7.56. The standard InChI is InChI=1S/C10H11Br5/c11-8-3-6-1-5(10(8,14)15)2-7(4-8)9(6,12)13/h5-7H,1-4H2/t5?,6-,7+,8?. The fourth-order valence-electron chi connectivity index (χ4n) is 3.67. The second-order valence-corrected chi connectivity index (χ2v) is 14.0. The van der Waals surface area contributed by atoms with Gasteiger partial charge in [0, 0.05) is 0 Å². The van der Waals surface area contributed by atoms with Gasteiger partial charge in [-0.2, -0.15) is 0 Å². The minimum atomic E-state index is 0.108. The van der Waals surface area contributed by atoms with Crippen molar-refractivity contribution in [2.24, 2.45) is 17.8 Å². The second kappa shape index (κ2) is 3.49. The Bertz CT molecular complexity index is 293. The lowest BCUT2D eigenvalue weighted by molar-refractivity contribution is 0.0418. The smallest absolute Gasteiger partial charge is 0.0828 e. The predicted octanol–water partition coefficient (Wildman–Crippen LogP) is 5.54. The quantitative estimate of drug-likeness (QED) is 0.361. The van der Waals surface area contributed by atoms with Crippen LogP contribution in [0, 0.1) is 17.8 Å². The molecule has 4 fully saturated rings. The van der Waals surface area contributed by atoms with Crippen LogP contribution in [0.25, 0.3) is 0 Å². The maximum Gasteiger partial charge on any atom is 0.0985 e. The maximum absolute atomic E-state index is 4.00. The number of halogens is 5. The highest BCUT2D eigenvalue weighted by Crippen LogP contribution is 2.73. The minimum Gasteiger partial charge on any atom is -0.0828 e. The molecule has 4 aliphatic carbocycles. The van der Waals surface area contributed by atoms with Crippen LogP contribution in [-0.2, 0) is 0 Å². The van der Waals surface area contributed by atoms with Crippen LogP contribution in [0.4, 0.5) is 0 Å². The van der Waals surface area contributed by atoms with Gasteiger partial charge in [0.1, 0.15) is 0 Å². The molecule has 0 radical (unpaired) electrons. The zero-order valence-corrected chi connectivity index (χ0v) is 15.9. The Morgan fingerprint density at radius 2 is 1.20 bits per heavy atom. The van der Waals surface area contributed by atoms with E-state index in [0.29, 0.717) is 0 Å². The molecular weight excluding hydrogens is 520 g/mol. The maximum atomic E-state index is 4.00. The van der Waals surface area contributed by atoms with E-state index in [4.69, 9.17) is 0 Å². The summed E-state index contributed by atoms with van der Waals surface area (Å²) in [5, 5.41) is 0. The molecule has 0 amide bonds. The molecule has 86 valence electrons. The van der Waals surface area contributed by atoms with Gasteiger partial charge in [0.2, 0.25) is 0 Å². The minimum absolute atomic E-state index is 0.108. The van der Waals surface area contributed by atoms with E-state index in [2.05, 4.69) is 79.6 Å². The van der Waals surface area contributed by atoms with Crippen molar-refractivity contribution in [3.8, 4) is 0 Å². The molecule has 0 nitrogen and oxygen atoms in total. The first-order valence-electron chi connectivity index (χ1n) is 5.22. The molecular formula is C10H11Br5. The lowest BCUT2D eigenvalue weighted by atomic mass is 9.56. The molecule has 5 heteroatoms. The van der Waals surface area contributed by atoms with Crippen LogP contribution in [0.2, 0.25) is 0 Å². The van der Waals surface area contributed by atoms with E-state index in [-0.39, 0.29) is 10.8 Å². The lowest BCUT2D eigenvalue weighted by Gasteiger charge is -2.65. The molecule has 0 heterocycles. The molecule has 15 heavy (non-hydrogen) atoms. The SMILES string of the molecule is BrC1(Br)[C@@H]2CC3C[C@H]1CC(Br)(C2)C3(Br)Br. The van der Waals surface area contributed by atoms with E-state index >= 15 is 0 Å². The highest BCUT2D eigenvalue weighted by molar-refractivity contribution is 9.26. The summed E-state index contributed by atoms with van der Waals surface area (Å²) in [6, 6.07) is 0. The molecule has 0 aromatic rings. The van der Waals surface area contributed by atoms with Gasteiger partial charge in [-0.25, -0.2) is 0 Å². The topological polar surface area (TPSA) is 0 Å². The first kappa shape index (κ1) is 12.4. The Kier molecular flexibility index (Phi) is 2.89. The van der Waals surface area contributed by atoms with Crippen molar-refractivity contribution >= 4 is 79.6 Å². The third kappa shape index (κ3) is 1.51. The first-order valence-corrected chi connectivity index (χ1v) is 9.18. The van der Waals surface area contributed by atoms with Gasteiger partial charge in [-0.3, -0.25) is 0 Å². The van der Waals surface area contributed by atoms with E-state index < -0.39 is 0 Å². The molecule has 0 aromatic heterocycles. The van der Waals surface area contributed by atoms with Gasteiger partial charge in [-0.05, 0) is 43.4 Å².